The minimum Gasteiger partial charge on any atom is -0.429 e. The van der Waals surface area contributed by atoms with E-state index in [-0.39, 0.29) is 28.0 Å². The van der Waals surface area contributed by atoms with Crippen LogP contribution >= 0.6 is 0 Å². The summed E-state index contributed by atoms with van der Waals surface area (Å²) in [5.74, 6) is -2.64. The molecule has 234 valence electrons. The summed E-state index contributed by atoms with van der Waals surface area (Å²) >= 11 is 0. The summed E-state index contributed by atoms with van der Waals surface area (Å²) in [4.78, 5) is 0. The Morgan fingerprint density at radius 3 is 1.67 bits per heavy atom. The van der Waals surface area contributed by atoms with Crippen LogP contribution in [-0.2, 0) is 19.0 Å². The average molecular weight is 625 g/mol. The predicted molar refractivity (Wildman–Crippen MR) is 175 cm³/mol. The Morgan fingerprint density at radius 2 is 1.11 bits per heavy atom. The topological polar surface area (TPSA) is 9.23 Å². The number of hydrogen-bond acceptors (Lipinski definition) is 1. The van der Waals surface area contributed by atoms with Gasteiger partial charge in [-0.25, -0.2) is 13.2 Å². The molecule has 0 N–H and O–H groups in total. The Labute approximate surface area is 266 Å². The van der Waals surface area contributed by atoms with E-state index < -0.39 is 29.1 Å². The zero-order valence-electron chi connectivity index (χ0n) is 25.4. The molecule has 0 bridgehead atoms. The maximum Gasteiger partial charge on any atom is 0.429 e. The van der Waals surface area contributed by atoms with Crippen LogP contribution in [0.1, 0.15) is 36.5 Å². The fraction of sp³-hybridized carbons (Fsp3) is 0.150. The van der Waals surface area contributed by atoms with Gasteiger partial charge in [-0.15, -0.1) is 6.58 Å². The van der Waals surface area contributed by atoms with Crippen molar-refractivity contribution in [2.45, 2.75) is 38.7 Å². The third-order valence-corrected chi connectivity index (χ3v) is 7.77. The molecule has 0 spiro atoms. The number of allylic oxidation sites excluding steroid dienone is 3. The molecule has 0 heterocycles. The first kappa shape index (κ1) is 32.4. The van der Waals surface area contributed by atoms with Crippen molar-refractivity contribution >= 4 is 0 Å². The summed E-state index contributed by atoms with van der Waals surface area (Å²) in [5.41, 5.74) is 3.21. The number of aryl methyl sites for hydroxylation is 2. The van der Waals surface area contributed by atoms with E-state index in [1.54, 1.807) is 30.3 Å². The first-order valence-electron chi connectivity index (χ1n) is 15.1. The summed E-state index contributed by atoms with van der Waals surface area (Å²) in [7, 11) is 0. The lowest BCUT2D eigenvalue weighted by atomic mass is 9.96. The molecule has 0 aliphatic heterocycles. The SMILES string of the molecule is C=CCCc1ccc(OC(F)(F)c2ccc(-c3ccc(-c4ccc(-c5ccc(CC/C=C/C)cc5)cc4F)cc3F)cc2F)cc1. The number of ether oxygens (including phenoxy) is 1. The third kappa shape index (κ3) is 7.63. The molecule has 0 aliphatic rings. The van der Waals surface area contributed by atoms with Gasteiger partial charge in [0.1, 0.15) is 23.2 Å². The summed E-state index contributed by atoms with van der Waals surface area (Å²) in [5, 5.41) is 0. The van der Waals surface area contributed by atoms with E-state index in [1.165, 1.54) is 42.0 Å². The maximum atomic E-state index is 15.3. The number of alkyl halides is 2. The smallest absolute Gasteiger partial charge is 0.429 e. The van der Waals surface area contributed by atoms with Gasteiger partial charge in [-0.2, -0.15) is 8.78 Å². The second-order valence-electron chi connectivity index (χ2n) is 11.0. The second kappa shape index (κ2) is 14.4. The van der Waals surface area contributed by atoms with Crippen molar-refractivity contribution in [2.24, 2.45) is 0 Å². The van der Waals surface area contributed by atoms with Crippen molar-refractivity contribution in [3.63, 3.8) is 0 Å². The number of rotatable bonds is 12. The van der Waals surface area contributed by atoms with Gasteiger partial charge < -0.3 is 4.74 Å². The Bertz CT molecular complexity index is 1840. The van der Waals surface area contributed by atoms with Gasteiger partial charge in [0.25, 0.3) is 0 Å². The molecule has 0 aliphatic carbocycles. The quantitative estimate of drug-likeness (QED) is 0.0991. The van der Waals surface area contributed by atoms with E-state index in [0.29, 0.717) is 12.0 Å². The van der Waals surface area contributed by atoms with Gasteiger partial charge in [-0.1, -0.05) is 85.0 Å². The van der Waals surface area contributed by atoms with E-state index in [4.69, 9.17) is 4.74 Å². The zero-order valence-corrected chi connectivity index (χ0v) is 25.4. The Kier molecular flexibility index (Phi) is 10.2. The normalized spacial score (nSPS) is 11.6. The lowest BCUT2D eigenvalue weighted by Gasteiger charge is -2.19. The first-order valence-corrected chi connectivity index (χ1v) is 15.1. The molecule has 0 radical (unpaired) electrons. The molecule has 1 nitrogen and oxygen atoms in total. The van der Waals surface area contributed by atoms with E-state index in [1.807, 2.05) is 37.3 Å². The van der Waals surface area contributed by atoms with Gasteiger partial charge in [0.05, 0.1) is 5.56 Å². The third-order valence-electron chi connectivity index (χ3n) is 7.77. The minimum atomic E-state index is -3.97. The molecule has 0 amide bonds. The van der Waals surface area contributed by atoms with E-state index >= 15 is 8.78 Å². The summed E-state index contributed by atoms with van der Waals surface area (Å²) in [6.45, 7) is 5.65. The number of benzene rings is 5. The van der Waals surface area contributed by atoms with Crippen LogP contribution in [-0.4, -0.2) is 0 Å². The molecule has 0 fully saturated rings. The van der Waals surface area contributed by atoms with E-state index in [2.05, 4.69) is 12.7 Å². The van der Waals surface area contributed by atoms with Gasteiger partial charge in [0, 0.05) is 11.1 Å². The molecule has 5 aromatic rings. The van der Waals surface area contributed by atoms with Crippen molar-refractivity contribution in [3.05, 3.63) is 162 Å². The van der Waals surface area contributed by atoms with Crippen molar-refractivity contribution in [1.29, 1.82) is 0 Å². The van der Waals surface area contributed by atoms with Crippen LogP contribution in [0.25, 0.3) is 33.4 Å². The standard InChI is InChI=1S/C40H33F5O/c1-3-5-7-9-28-10-14-29(15-11-28)30-16-21-34(37(41)24-30)31-17-22-35(38(42)25-31)32-18-23-36(39(43)26-32)40(44,45)46-33-19-12-27(13-20-33)8-6-4-2/h3-5,10-26H,2,6-9H2,1H3/b5-3+. The largest absolute Gasteiger partial charge is 0.429 e. The van der Waals surface area contributed by atoms with Crippen LogP contribution in [0.15, 0.2) is 128 Å². The van der Waals surface area contributed by atoms with Gasteiger partial charge >= 0.3 is 6.11 Å². The van der Waals surface area contributed by atoms with Crippen LogP contribution < -0.4 is 4.74 Å². The first-order chi connectivity index (χ1) is 22.2. The zero-order chi connectivity index (χ0) is 32.7. The van der Waals surface area contributed by atoms with Crippen LogP contribution in [0.2, 0.25) is 0 Å². The molecule has 46 heavy (non-hydrogen) atoms. The van der Waals surface area contributed by atoms with Crippen LogP contribution in [0, 0.1) is 17.5 Å². The molecule has 6 heteroatoms. The van der Waals surface area contributed by atoms with Crippen molar-refractivity contribution in [1.82, 2.24) is 0 Å². The highest BCUT2D eigenvalue weighted by Gasteiger charge is 2.37. The van der Waals surface area contributed by atoms with Gasteiger partial charge in [0.15, 0.2) is 0 Å². The Hall–Kier alpha value is -4.97. The van der Waals surface area contributed by atoms with E-state index in [9.17, 15) is 13.2 Å². The minimum absolute atomic E-state index is 0.0138. The molecule has 5 aromatic carbocycles. The molecule has 0 saturated carbocycles. The maximum absolute atomic E-state index is 15.3. The van der Waals surface area contributed by atoms with Crippen LogP contribution in [0.4, 0.5) is 22.0 Å². The van der Waals surface area contributed by atoms with Crippen molar-refractivity contribution in [2.75, 3.05) is 0 Å². The fourth-order valence-electron chi connectivity index (χ4n) is 5.24. The lowest BCUT2D eigenvalue weighted by molar-refractivity contribution is -0.187. The molecule has 0 saturated heterocycles. The Morgan fingerprint density at radius 1 is 0.609 bits per heavy atom. The lowest BCUT2D eigenvalue weighted by Crippen LogP contribution is -2.23. The van der Waals surface area contributed by atoms with E-state index in [0.717, 1.165) is 48.6 Å². The molecule has 0 atom stereocenters. The van der Waals surface area contributed by atoms with Crippen LogP contribution in [0.5, 0.6) is 5.75 Å². The molecule has 5 rings (SSSR count). The van der Waals surface area contributed by atoms with Gasteiger partial charge in [-0.3, -0.25) is 0 Å². The number of hydrogen-bond donors (Lipinski definition) is 0. The fourth-order valence-corrected chi connectivity index (χ4v) is 5.24. The molecular formula is C40H33F5O. The summed E-state index contributed by atoms with van der Waals surface area (Å²) in [6.07, 6.45) is 5.25. The summed E-state index contributed by atoms with van der Waals surface area (Å²) in [6, 6.07) is 25.8. The monoisotopic (exact) mass is 624 g/mol. The summed E-state index contributed by atoms with van der Waals surface area (Å²) < 4.78 is 80.2. The van der Waals surface area contributed by atoms with Gasteiger partial charge in [0.2, 0.25) is 0 Å². The Balaban J connectivity index is 1.31. The van der Waals surface area contributed by atoms with Crippen molar-refractivity contribution in [3.8, 4) is 39.1 Å². The van der Waals surface area contributed by atoms with Gasteiger partial charge in [-0.05, 0) is 102 Å². The predicted octanol–water partition coefficient (Wildman–Crippen LogP) is 11.9. The molecule has 0 unspecified atom stereocenters. The second-order valence-corrected chi connectivity index (χ2v) is 11.0. The number of halogens is 5. The average Bonchev–Trinajstić information content (AvgIpc) is 3.04. The van der Waals surface area contributed by atoms with Crippen LogP contribution in [0.3, 0.4) is 0 Å². The van der Waals surface area contributed by atoms with Crippen molar-refractivity contribution < 1.29 is 26.7 Å². The highest BCUT2D eigenvalue weighted by atomic mass is 19.3. The highest BCUT2D eigenvalue weighted by Crippen LogP contribution is 2.37. The molecule has 0 aromatic heterocycles. The highest BCUT2D eigenvalue weighted by molar-refractivity contribution is 5.74. The molecular weight excluding hydrogens is 591 g/mol.